The lowest BCUT2D eigenvalue weighted by atomic mass is 10.2. The molecular weight excluding hydrogens is 665 g/mol. The Morgan fingerprint density at radius 2 is 1.74 bits per heavy atom. The van der Waals surface area contributed by atoms with Gasteiger partial charge in [0.2, 0.25) is 10.0 Å². The van der Waals surface area contributed by atoms with Crippen molar-refractivity contribution in [3.05, 3.63) is 122 Å². The Morgan fingerprint density at radius 3 is 2.38 bits per heavy atom. The van der Waals surface area contributed by atoms with Gasteiger partial charge < -0.3 is 9.47 Å². The van der Waals surface area contributed by atoms with Crippen LogP contribution in [0.2, 0.25) is 10.0 Å². The predicted molar refractivity (Wildman–Crippen MR) is 170 cm³/mol. The molecule has 0 heterocycles. The molecule has 0 unspecified atom stereocenters. The topological polar surface area (TPSA) is 97.3 Å². The minimum Gasteiger partial charge on any atom is -0.493 e. The van der Waals surface area contributed by atoms with Crippen LogP contribution in [0.15, 0.2) is 94.5 Å². The predicted octanol–water partition coefficient (Wildman–Crippen LogP) is 7.07. The van der Waals surface area contributed by atoms with Crippen LogP contribution in [0.25, 0.3) is 0 Å². The van der Waals surface area contributed by atoms with Gasteiger partial charge in [-0.3, -0.25) is 9.10 Å². The first-order chi connectivity index (χ1) is 20.0. The lowest BCUT2D eigenvalue weighted by Gasteiger charge is -2.22. The molecule has 1 N–H and O–H groups in total. The zero-order valence-electron chi connectivity index (χ0n) is 22.6. The summed E-state index contributed by atoms with van der Waals surface area (Å²) in [5.41, 5.74) is 5.47. The molecule has 0 saturated carbocycles. The maximum absolute atomic E-state index is 12.7. The lowest BCUT2D eigenvalue weighted by Crippen LogP contribution is -2.29. The number of ether oxygens (including phenoxy) is 2. The molecule has 4 aromatic rings. The third kappa shape index (κ3) is 8.25. The Morgan fingerprint density at radius 1 is 1.02 bits per heavy atom. The normalized spacial score (nSPS) is 11.4. The molecule has 0 fully saturated rings. The van der Waals surface area contributed by atoms with Crippen molar-refractivity contribution in [1.82, 2.24) is 5.43 Å². The molecule has 0 aliphatic rings. The molecule has 218 valence electrons. The van der Waals surface area contributed by atoms with Gasteiger partial charge in [0.15, 0.2) is 11.5 Å². The van der Waals surface area contributed by atoms with Gasteiger partial charge in [-0.25, -0.2) is 13.8 Å². The largest absolute Gasteiger partial charge is 0.493 e. The van der Waals surface area contributed by atoms with Crippen LogP contribution < -0.4 is 19.2 Å². The monoisotopic (exact) mass is 689 g/mol. The van der Waals surface area contributed by atoms with Crippen molar-refractivity contribution >= 4 is 67.0 Å². The van der Waals surface area contributed by atoms with E-state index in [1.807, 2.05) is 30.3 Å². The van der Waals surface area contributed by atoms with E-state index in [1.165, 1.54) is 17.6 Å². The molecule has 1 amide bonds. The van der Waals surface area contributed by atoms with Gasteiger partial charge in [-0.2, -0.15) is 5.10 Å². The zero-order chi connectivity index (χ0) is 30.3. The van der Waals surface area contributed by atoms with Crippen molar-refractivity contribution in [2.24, 2.45) is 5.10 Å². The van der Waals surface area contributed by atoms with Crippen LogP contribution in [0.1, 0.15) is 27.0 Å². The number of halogens is 3. The molecular formula is C30H26BrCl2N3O5S. The van der Waals surface area contributed by atoms with E-state index in [0.29, 0.717) is 42.8 Å². The van der Waals surface area contributed by atoms with Crippen molar-refractivity contribution in [1.29, 1.82) is 0 Å². The highest BCUT2D eigenvalue weighted by Crippen LogP contribution is 2.37. The number of sulfonamides is 1. The summed E-state index contributed by atoms with van der Waals surface area (Å²) < 4.78 is 38.2. The molecule has 0 radical (unpaired) electrons. The second kappa shape index (κ2) is 14.1. The van der Waals surface area contributed by atoms with Gasteiger partial charge >= 0.3 is 0 Å². The van der Waals surface area contributed by atoms with E-state index in [0.717, 1.165) is 17.4 Å². The summed E-state index contributed by atoms with van der Waals surface area (Å²) in [7, 11) is -2.04. The highest BCUT2D eigenvalue weighted by molar-refractivity contribution is 9.10. The van der Waals surface area contributed by atoms with Crippen LogP contribution in [0, 0.1) is 0 Å². The fourth-order valence-electron chi connectivity index (χ4n) is 3.90. The van der Waals surface area contributed by atoms with Crippen molar-refractivity contribution in [3.63, 3.8) is 0 Å². The van der Waals surface area contributed by atoms with E-state index in [9.17, 15) is 13.2 Å². The third-order valence-electron chi connectivity index (χ3n) is 6.01. The third-order valence-corrected chi connectivity index (χ3v) is 8.32. The van der Waals surface area contributed by atoms with E-state index in [1.54, 1.807) is 54.6 Å². The number of carbonyl (C=O) groups is 1. The Labute approximate surface area is 263 Å². The highest BCUT2D eigenvalue weighted by atomic mass is 79.9. The van der Waals surface area contributed by atoms with E-state index >= 15 is 0 Å². The van der Waals surface area contributed by atoms with Crippen LogP contribution in [0.5, 0.6) is 11.5 Å². The molecule has 42 heavy (non-hydrogen) atoms. The van der Waals surface area contributed by atoms with Gasteiger partial charge in [0, 0.05) is 21.2 Å². The smallest absolute Gasteiger partial charge is 0.271 e. The molecule has 4 rings (SSSR count). The van der Waals surface area contributed by atoms with Crippen molar-refractivity contribution in [2.45, 2.75) is 13.2 Å². The summed E-state index contributed by atoms with van der Waals surface area (Å²) in [6.07, 6.45) is 2.61. The highest BCUT2D eigenvalue weighted by Gasteiger charge is 2.18. The van der Waals surface area contributed by atoms with Crippen LogP contribution in [-0.4, -0.2) is 33.9 Å². The number of benzene rings is 4. The molecule has 0 aromatic heterocycles. The molecule has 0 bridgehead atoms. The molecule has 4 aromatic carbocycles. The summed E-state index contributed by atoms with van der Waals surface area (Å²) >= 11 is 15.7. The maximum atomic E-state index is 12.7. The molecule has 0 atom stereocenters. The Kier molecular flexibility index (Phi) is 10.5. The average molecular weight is 691 g/mol. The molecule has 8 nitrogen and oxygen atoms in total. The van der Waals surface area contributed by atoms with Gasteiger partial charge in [0.25, 0.3) is 5.91 Å². The first-order valence-electron chi connectivity index (χ1n) is 12.4. The number of rotatable bonds is 11. The number of nitrogens with zero attached hydrogens (tertiary/aromatic N) is 2. The number of amides is 1. The number of hydrazone groups is 1. The fourth-order valence-corrected chi connectivity index (χ4v) is 5.83. The van der Waals surface area contributed by atoms with E-state index in [4.69, 9.17) is 32.7 Å². The van der Waals surface area contributed by atoms with Gasteiger partial charge in [0.1, 0.15) is 6.61 Å². The Hall–Kier alpha value is -3.57. The summed E-state index contributed by atoms with van der Waals surface area (Å²) in [5, 5.41) is 5.08. The van der Waals surface area contributed by atoms with E-state index in [-0.39, 0.29) is 13.2 Å². The van der Waals surface area contributed by atoms with E-state index in [2.05, 4.69) is 26.5 Å². The number of hydrogen-bond donors (Lipinski definition) is 1. The van der Waals surface area contributed by atoms with E-state index < -0.39 is 15.9 Å². The van der Waals surface area contributed by atoms with Crippen LogP contribution in [0.4, 0.5) is 5.69 Å². The van der Waals surface area contributed by atoms with Crippen molar-refractivity contribution in [3.8, 4) is 11.5 Å². The Balaban J connectivity index is 1.41. The lowest BCUT2D eigenvalue weighted by molar-refractivity contribution is 0.0955. The van der Waals surface area contributed by atoms with Crippen molar-refractivity contribution in [2.75, 3.05) is 17.7 Å². The second-order valence-electron chi connectivity index (χ2n) is 9.06. The minimum absolute atomic E-state index is 0.174. The molecule has 12 heteroatoms. The first kappa shape index (κ1) is 31.4. The summed E-state index contributed by atoms with van der Waals surface area (Å²) in [6.45, 7) is 0.370. The standard InChI is InChI=1S/C30H26BrCl2N3O5S/c1-40-28-15-21(14-26(31)29(28)41-19-23-8-11-24(32)16-27(23)33)17-34-35-30(37)22-9-12-25(13-10-22)36(42(2,38)39)18-20-6-4-3-5-7-20/h3-17H,18-19H2,1-2H3,(H,35,37)/b34-17-. The van der Waals surface area contributed by atoms with Crippen LogP contribution >= 0.6 is 39.1 Å². The fraction of sp³-hybridized carbons (Fsp3) is 0.133. The quantitative estimate of drug-likeness (QED) is 0.134. The van der Waals surface area contributed by atoms with Crippen LogP contribution in [0.3, 0.4) is 0 Å². The number of methoxy groups -OCH3 is 1. The zero-order valence-corrected chi connectivity index (χ0v) is 26.5. The van der Waals surface area contributed by atoms with Gasteiger partial charge in [-0.05, 0) is 75.6 Å². The molecule has 0 saturated heterocycles. The summed E-state index contributed by atoms with van der Waals surface area (Å²) in [4.78, 5) is 12.7. The molecule has 0 aliphatic heterocycles. The van der Waals surface area contributed by atoms with Gasteiger partial charge in [-0.1, -0.05) is 59.6 Å². The molecule has 0 spiro atoms. The van der Waals surface area contributed by atoms with Gasteiger partial charge in [0.05, 0.1) is 36.3 Å². The number of carbonyl (C=O) groups excluding carboxylic acids is 1. The average Bonchev–Trinajstić information content (AvgIpc) is 2.96. The summed E-state index contributed by atoms with van der Waals surface area (Å²) in [5.74, 6) is 0.460. The number of hydrogen-bond acceptors (Lipinski definition) is 6. The van der Waals surface area contributed by atoms with Crippen LogP contribution in [-0.2, 0) is 23.2 Å². The Bertz CT molecular complexity index is 1700. The number of nitrogens with one attached hydrogen (secondary N) is 1. The molecule has 0 aliphatic carbocycles. The maximum Gasteiger partial charge on any atom is 0.271 e. The summed E-state index contributed by atoms with van der Waals surface area (Å²) in [6, 6.07) is 24.2. The van der Waals surface area contributed by atoms with Crippen molar-refractivity contribution < 1.29 is 22.7 Å². The first-order valence-corrected chi connectivity index (χ1v) is 15.8. The number of anilines is 1. The second-order valence-corrected chi connectivity index (χ2v) is 12.7. The minimum atomic E-state index is -3.55. The van der Waals surface area contributed by atoms with Gasteiger partial charge in [-0.15, -0.1) is 0 Å². The SMILES string of the molecule is COc1cc(/C=N\NC(=O)c2ccc(N(Cc3ccccc3)S(C)(=O)=O)cc2)cc(Br)c1OCc1ccc(Cl)cc1Cl.